The molecule has 1 aliphatic heterocycles. The van der Waals surface area contributed by atoms with Gasteiger partial charge in [-0.3, -0.25) is 0 Å². The molecule has 0 saturated heterocycles. The predicted molar refractivity (Wildman–Crippen MR) is 84.2 cm³/mol. The van der Waals surface area contributed by atoms with Crippen molar-refractivity contribution in [1.29, 1.82) is 0 Å². The van der Waals surface area contributed by atoms with Gasteiger partial charge in [0.05, 0.1) is 11.5 Å². The maximum atomic E-state index is 12.8. The third kappa shape index (κ3) is 3.56. The van der Waals surface area contributed by atoms with E-state index in [-0.39, 0.29) is 6.04 Å². The average Bonchev–Trinajstić information content (AvgIpc) is 2.46. The van der Waals surface area contributed by atoms with Crippen molar-refractivity contribution in [2.45, 2.75) is 37.6 Å². The van der Waals surface area contributed by atoms with Gasteiger partial charge in [0, 0.05) is 31.9 Å². The van der Waals surface area contributed by atoms with Crippen molar-refractivity contribution in [3.05, 3.63) is 23.8 Å². The fourth-order valence-corrected chi connectivity index (χ4v) is 4.26. The van der Waals surface area contributed by atoms with E-state index in [1.807, 2.05) is 19.9 Å². The van der Waals surface area contributed by atoms with E-state index in [4.69, 9.17) is 4.74 Å². The largest absolute Gasteiger partial charge is 0.385 e. The fourth-order valence-electron chi connectivity index (χ4n) is 2.58. The van der Waals surface area contributed by atoms with E-state index in [1.54, 1.807) is 19.2 Å². The van der Waals surface area contributed by atoms with Gasteiger partial charge in [0.2, 0.25) is 10.0 Å². The van der Waals surface area contributed by atoms with Gasteiger partial charge >= 0.3 is 0 Å². The molecule has 1 heterocycles. The lowest BCUT2D eigenvalue weighted by atomic mass is 10.0. The van der Waals surface area contributed by atoms with E-state index >= 15 is 0 Å². The Labute approximate surface area is 127 Å². The molecule has 1 aromatic carbocycles. The summed E-state index contributed by atoms with van der Waals surface area (Å²) in [6.07, 6.45) is 1.96. The van der Waals surface area contributed by atoms with E-state index in [0.29, 0.717) is 18.0 Å². The maximum Gasteiger partial charge on any atom is 0.243 e. The monoisotopic (exact) mass is 312 g/mol. The molecule has 118 valence electrons. The lowest BCUT2D eigenvalue weighted by Crippen LogP contribution is -2.39. The summed E-state index contributed by atoms with van der Waals surface area (Å²) in [5, 5.41) is 3.30. The summed E-state index contributed by atoms with van der Waals surface area (Å²) in [6, 6.07) is 5.27. The van der Waals surface area contributed by atoms with Crippen LogP contribution in [0.2, 0.25) is 0 Å². The SMILES string of the molecule is COCCN(C(C)C)S(=O)(=O)c1ccc2c(c1)CCCN2. The van der Waals surface area contributed by atoms with Gasteiger partial charge in [0.25, 0.3) is 0 Å². The molecule has 5 nitrogen and oxygen atoms in total. The first-order valence-corrected chi connectivity index (χ1v) is 8.78. The number of sulfonamides is 1. The molecule has 0 aromatic heterocycles. The Hall–Kier alpha value is -1.11. The molecule has 21 heavy (non-hydrogen) atoms. The van der Waals surface area contributed by atoms with Crippen LogP contribution < -0.4 is 5.32 Å². The number of methoxy groups -OCH3 is 1. The van der Waals surface area contributed by atoms with Gasteiger partial charge in [0.1, 0.15) is 0 Å². The summed E-state index contributed by atoms with van der Waals surface area (Å²) < 4.78 is 32.2. The zero-order chi connectivity index (χ0) is 15.5. The first-order valence-electron chi connectivity index (χ1n) is 7.34. The summed E-state index contributed by atoms with van der Waals surface area (Å²) in [5.74, 6) is 0. The summed E-state index contributed by atoms with van der Waals surface area (Å²) in [5.41, 5.74) is 2.13. The average molecular weight is 312 g/mol. The van der Waals surface area contributed by atoms with Crippen molar-refractivity contribution in [2.24, 2.45) is 0 Å². The van der Waals surface area contributed by atoms with Crippen LogP contribution >= 0.6 is 0 Å². The number of benzene rings is 1. The highest BCUT2D eigenvalue weighted by atomic mass is 32.2. The molecular formula is C15H24N2O3S. The van der Waals surface area contributed by atoms with Crippen molar-refractivity contribution in [2.75, 3.05) is 32.1 Å². The Kier molecular flexibility index (Phi) is 5.24. The maximum absolute atomic E-state index is 12.8. The Balaban J connectivity index is 2.33. The lowest BCUT2D eigenvalue weighted by molar-refractivity contribution is 0.171. The summed E-state index contributed by atoms with van der Waals surface area (Å²) in [4.78, 5) is 0.370. The van der Waals surface area contributed by atoms with Crippen molar-refractivity contribution in [3.8, 4) is 0 Å². The number of anilines is 1. The van der Waals surface area contributed by atoms with Crippen LogP contribution in [0.3, 0.4) is 0 Å². The number of hydrogen-bond donors (Lipinski definition) is 1. The third-order valence-electron chi connectivity index (χ3n) is 3.71. The minimum Gasteiger partial charge on any atom is -0.385 e. The Morgan fingerprint density at radius 3 is 2.81 bits per heavy atom. The van der Waals surface area contributed by atoms with Gasteiger partial charge < -0.3 is 10.1 Å². The van der Waals surface area contributed by atoms with Gasteiger partial charge in [-0.2, -0.15) is 4.31 Å². The Morgan fingerprint density at radius 2 is 2.14 bits per heavy atom. The number of rotatable bonds is 6. The molecule has 0 saturated carbocycles. The molecule has 0 spiro atoms. The van der Waals surface area contributed by atoms with E-state index in [2.05, 4.69) is 5.32 Å². The predicted octanol–water partition coefficient (Wildman–Crippen LogP) is 2.09. The number of fused-ring (bicyclic) bond motifs is 1. The topological polar surface area (TPSA) is 58.6 Å². The molecular weight excluding hydrogens is 288 g/mol. The molecule has 1 N–H and O–H groups in total. The molecule has 6 heteroatoms. The number of aryl methyl sites for hydroxylation is 1. The number of hydrogen-bond acceptors (Lipinski definition) is 4. The van der Waals surface area contributed by atoms with Gasteiger partial charge in [-0.25, -0.2) is 8.42 Å². The highest BCUT2D eigenvalue weighted by molar-refractivity contribution is 7.89. The summed E-state index contributed by atoms with van der Waals surface area (Å²) in [6.45, 7) is 5.47. The first kappa shape index (κ1) is 16.3. The molecule has 2 rings (SSSR count). The molecule has 0 radical (unpaired) electrons. The quantitative estimate of drug-likeness (QED) is 0.874. The second-order valence-corrected chi connectivity index (χ2v) is 7.44. The van der Waals surface area contributed by atoms with Gasteiger partial charge in [-0.1, -0.05) is 0 Å². The zero-order valence-electron chi connectivity index (χ0n) is 12.9. The first-order chi connectivity index (χ1) is 9.96. The Morgan fingerprint density at radius 1 is 1.38 bits per heavy atom. The van der Waals surface area contributed by atoms with Crippen LogP contribution in [-0.4, -0.2) is 45.6 Å². The number of ether oxygens (including phenoxy) is 1. The molecule has 0 fully saturated rings. The normalized spacial score (nSPS) is 15.1. The lowest BCUT2D eigenvalue weighted by Gasteiger charge is -2.26. The number of nitrogens with one attached hydrogen (secondary N) is 1. The van der Waals surface area contributed by atoms with Crippen LogP contribution in [0.5, 0.6) is 0 Å². The van der Waals surface area contributed by atoms with Crippen LogP contribution in [0.25, 0.3) is 0 Å². The highest BCUT2D eigenvalue weighted by Gasteiger charge is 2.27. The van der Waals surface area contributed by atoms with Gasteiger partial charge in [-0.05, 0) is 50.5 Å². The molecule has 0 bridgehead atoms. The van der Waals surface area contributed by atoms with Crippen molar-refractivity contribution >= 4 is 15.7 Å². The van der Waals surface area contributed by atoms with E-state index in [1.165, 1.54) is 4.31 Å². The highest BCUT2D eigenvalue weighted by Crippen LogP contribution is 2.27. The minimum absolute atomic E-state index is 0.0979. The summed E-state index contributed by atoms with van der Waals surface area (Å²) >= 11 is 0. The second kappa shape index (κ2) is 6.77. The second-order valence-electron chi connectivity index (χ2n) is 5.55. The summed E-state index contributed by atoms with van der Waals surface area (Å²) in [7, 11) is -1.90. The van der Waals surface area contributed by atoms with Crippen LogP contribution in [0, 0.1) is 0 Å². The van der Waals surface area contributed by atoms with Crippen molar-refractivity contribution in [3.63, 3.8) is 0 Å². The molecule has 0 aliphatic carbocycles. The van der Waals surface area contributed by atoms with Crippen LogP contribution in [-0.2, 0) is 21.2 Å². The van der Waals surface area contributed by atoms with E-state index in [0.717, 1.165) is 30.6 Å². The van der Waals surface area contributed by atoms with Crippen molar-refractivity contribution in [1.82, 2.24) is 4.31 Å². The van der Waals surface area contributed by atoms with E-state index < -0.39 is 10.0 Å². The van der Waals surface area contributed by atoms with Crippen LogP contribution in [0.1, 0.15) is 25.8 Å². The van der Waals surface area contributed by atoms with Gasteiger partial charge in [-0.15, -0.1) is 0 Å². The minimum atomic E-state index is -3.48. The smallest absolute Gasteiger partial charge is 0.243 e. The standard InChI is InChI=1S/C15H24N2O3S/c1-12(2)17(9-10-20-3)21(18,19)14-6-7-15-13(11-14)5-4-8-16-15/h6-7,11-12,16H,4-5,8-10H2,1-3H3. The molecule has 0 atom stereocenters. The molecule has 1 aromatic rings. The third-order valence-corrected chi connectivity index (χ3v) is 5.78. The molecule has 0 amide bonds. The fraction of sp³-hybridized carbons (Fsp3) is 0.600. The molecule has 0 unspecified atom stereocenters. The van der Waals surface area contributed by atoms with Crippen LogP contribution in [0.4, 0.5) is 5.69 Å². The zero-order valence-corrected chi connectivity index (χ0v) is 13.7. The Bertz CT molecular complexity index is 585. The molecule has 1 aliphatic rings. The van der Waals surface area contributed by atoms with Crippen LogP contribution in [0.15, 0.2) is 23.1 Å². The van der Waals surface area contributed by atoms with E-state index in [9.17, 15) is 8.42 Å². The van der Waals surface area contributed by atoms with Crippen molar-refractivity contribution < 1.29 is 13.2 Å². The van der Waals surface area contributed by atoms with Gasteiger partial charge in [0.15, 0.2) is 0 Å². The number of nitrogens with zero attached hydrogens (tertiary/aromatic N) is 1.